The Balaban J connectivity index is 2.64. The minimum Gasteiger partial charge on any atom is -0.207 e. The Morgan fingerprint density at radius 1 is 1.38 bits per heavy atom. The van der Waals surface area contributed by atoms with Crippen molar-refractivity contribution in [3.05, 3.63) is 34.1 Å². The normalized spacial score (nSPS) is 13.9. The number of rotatable bonds is 3. The van der Waals surface area contributed by atoms with Crippen molar-refractivity contribution < 1.29 is 4.39 Å². The van der Waals surface area contributed by atoms with E-state index in [1.807, 2.05) is 0 Å². The highest BCUT2D eigenvalue weighted by Gasteiger charge is 2.22. The lowest BCUT2D eigenvalue weighted by Crippen LogP contribution is -2.21. The summed E-state index contributed by atoms with van der Waals surface area (Å²) in [7, 11) is 0. The summed E-state index contributed by atoms with van der Waals surface area (Å²) in [6.07, 6.45) is 1.65. The van der Waals surface area contributed by atoms with Crippen molar-refractivity contribution in [2.45, 2.75) is 39.0 Å². The lowest BCUT2D eigenvalue weighted by atomic mass is 9.88. The molecule has 1 unspecified atom stereocenters. The van der Waals surface area contributed by atoms with Crippen LogP contribution in [0.25, 0.3) is 0 Å². The summed E-state index contributed by atoms with van der Waals surface area (Å²) >= 11 is 9.71. The number of hydrogen-bond acceptors (Lipinski definition) is 0. The van der Waals surface area contributed by atoms with E-state index in [-0.39, 0.29) is 16.6 Å². The van der Waals surface area contributed by atoms with Gasteiger partial charge in [0.25, 0.3) is 0 Å². The fourth-order valence-corrected chi connectivity index (χ4v) is 2.00. The lowest BCUT2D eigenvalue weighted by molar-refractivity contribution is 0.374. The van der Waals surface area contributed by atoms with Gasteiger partial charge in [-0.25, -0.2) is 4.39 Å². The maximum absolute atomic E-state index is 13.1. The molecule has 1 atom stereocenters. The largest absolute Gasteiger partial charge is 0.207 e. The van der Waals surface area contributed by atoms with E-state index in [4.69, 9.17) is 11.6 Å². The van der Waals surface area contributed by atoms with E-state index in [2.05, 4.69) is 36.7 Å². The topological polar surface area (TPSA) is 0 Å². The molecule has 0 aliphatic carbocycles. The number of aryl methyl sites for hydroxylation is 1. The molecule has 0 radical (unpaired) electrons. The quantitative estimate of drug-likeness (QED) is 0.675. The second kappa shape index (κ2) is 5.50. The van der Waals surface area contributed by atoms with Crippen LogP contribution < -0.4 is 0 Å². The van der Waals surface area contributed by atoms with E-state index in [0.717, 1.165) is 22.9 Å². The van der Waals surface area contributed by atoms with Crippen molar-refractivity contribution in [1.29, 1.82) is 0 Å². The van der Waals surface area contributed by atoms with Crippen molar-refractivity contribution in [3.8, 4) is 0 Å². The lowest BCUT2D eigenvalue weighted by Gasteiger charge is -2.25. The molecule has 0 N–H and O–H groups in total. The highest BCUT2D eigenvalue weighted by Crippen LogP contribution is 2.29. The second-order valence-electron chi connectivity index (χ2n) is 5.11. The standard InChI is InChI=1S/C13H17BrClF/c1-13(2,3)12(15)7-4-9-8-10(16)5-6-11(9)14/h5-6,8,12H,4,7H2,1-3H3. The summed E-state index contributed by atoms with van der Waals surface area (Å²) in [4.78, 5) is 0. The van der Waals surface area contributed by atoms with Gasteiger partial charge >= 0.3 is 0 Å². The molecule has 0 aliphatic heterocycles. The predicted molar refractivity (Wildman–Crippen MR) is 71.5 cm³/mol. The van der Waals surface area contributed by atoms with Crippen molar-refractivity contribution in [3.63, 3.8) is 0 Å². The minimum atomic E-state index is -0.194. The van der Waals surface area contributed by atoms with E-state index in [0.29, 0.717) is 0 Å². The molecular weight excluding hydrogens is 290 g/mol. The Bertz CT molecular complexity index is 357. The van der Waals surface area contributed by atoms with Gasteiger partial charge in [-0.05, 0) is 42.0 Å². The third kappa shape index (κ3) is 4.06. The molecule has 1 rings (SSSR count). The van der Waals surface area contributed by atoms with Crippen LogP contribution in [-0.2, 0) is 6.42 Å². The molecule has 0 saturated heterocycles. The number of benzene rings is 1. The maximum atomic E-state index is 13.1. The summed E-state index contributed by atoms with van der Waals surface area (Å²) in [5.74, 6) is -0.194. The third-order valence-electron chi connectivity index (χ3n) is 2.61. The fourth-order valence-electron chi connectivity index (χ4n) is 1.45. The average molecular weight is 308 g/mol. The zero-order valence-corrected chi connectivity index (χ0v) is 12.2. The summed E-state index contributed by atoms with van der Waals surface area (Å²) in [6, 6.07) is 4.76. The van der Waals surface area contributed by atoms with Crippen LogP contribution in [-0.4, -0.2) is 5.38 Å². The molecule has 0 spiro atoms. The monoisotopic (exact) mass is 306 g/mol. The third-order valence-corrected chi connectivity index (χ3v) is 4.26. The van der Waals surface area contributed by atoms with E-state index in [9.17, 15) is 4.39 Å². The van der Waals surface area contributed by atoms with Crippen LogP contribution in [0.5, 0.6) is 0 Å². The van der Waals surface area contributed by atoms with Gasteiger partial charge < -0.3 is 0 Å². The van der Waals surface area contributed by atoms with E-state index < -0.39 is 0 Å². The minimum absolute atomic E-state index is 0.0847. The van der Waals surface area contributed by atoms with Crippen LogP contribution in [0.3, 0.4) is 0 Å². The van der Waals surface area contributed by atoms with E-state index in [1.165, 1.54) is 6.07 Å². The van der Waals surface area contributed by atoms with Gasteiger partial charge in [-0.2, -0.15) is 0 Å². The van der Waals surface area contributed by atoms with Crippen LogP contribution in [0, 0.1) is 11.2 Å². The molecule has 0 aromatic heterocycles. The first kappa shape index (κ1) is 14.0. The molecule has 3 heteroatoms. The summed E-state index contributed by atoms with van der Waals surface area (Å²) in [6.45, 7) is 6.35. The predicted octanol–water partition coefficient (Wildman–Crippen LogP) is 5.17. The Hall–Kier alpha value is -0.0800. The molecule has 1 aromatic carbocycles. The molecule has 0 aliphatic rings. The Labute approximate surface area is 110 Å². The van der Waals surface area contributed by atoms with Crippen LogP contribution in [0.2, 0.25) is 0 Å². The van der Waals surface area contributed by atoms with Crippen LogP contribution >= 0.6 is 27.5 Å². The van der Waals surface area contributed by atoms with Gasteiger partial charge in [0.15, 0.2) is 0 Å². The van der Waals surface area contributed by atoms with Gasteiger partial charge in [-0.1, -0.05) is 36.7 Å². The SMILES string of the molecule is CC(C)(C)C(Cl)CCc1cc(F)ccc1Br. The number of alkyl halides is 1. The fraction of sp³-hybridized carbons (Fsp3) is 0.538. The zero-order valence-electron chi connectivity index (χ0n) is 9.86. The van der Waals surface area contributed by atoms with Gasteiger partial charge in [0.2, 0.25) is 0 Å². The molecular formula is C13H17BrClF. The Morgan fingerprint density at radius 3 is 2.56 bits per heavy atom. The molecule has 0 fully saturated rings. The highest BCUT2D eigenvalue weighted by molar-refractivity contribution is 9.10. The molecule has 90 valence electrons. The van der Waals surface area contributed by atoms with Crippen LogP contribution in [0.1, 0.15) is 32.8 Å². The average Bonchev–Trinajstić information content (AvgIpc) is 2.17. The van der Waals surface area contributed by atoms with E-state index >= 15 is 0 Å². The summed E-state index contributed by atoms with van der Waals surface area (Å²) in [5.41, 5.74) is 1.07. The summed E-state index contributed by atoms with van der Waals surface area (Å²) < 4.78 is 14.0. The second-order valence-corrected chi connectivity index (χ2v) is 6.49. The summed E-state index contributed by atoms with van der Waals surface area (Å²) in [5, 5.41) is 0.0997. The molecule has 0 nitrogen and oxygen atoms in total. The Morgan fingerprint density at radius 2 is 2.00 bits per heavy atom. The van der Waals surface area contributed by atoms with Gasteiger partial charge in [0, 0.05) is 9.85 Å². The van der Waals surface area contributed by atoms with Gasteiger partial charge in [-0.3, -0.25) is 0 Å². The molecule has 0 bridgehead atoms. The van der Waals surface area contributed by atoms with Gasteiger partial charge in [-0.15, -0.1) is 11.6 Å². The number of halogens is 3. The van der Waals surface area contributed by atoms with Crippen LogP contribution in [0.15, 0.2) is 22.7 Å². The van der Waals surface area contributed by atoms with Crippen molar-refractivity contribution in [2.24, 2.45) is 5.41 Å². The Kier molecular flexibility index (Phi) is 4.81. The maximum Gasteiger partial charge on any atom is 0.123 e. The first-order valence-electron chi connectivity index (χ1n) is 5.38. The zero-order chi connectivity index (χ0) is 12.3. The molecule has 0 heterocycles. The molecule has 1 aromatic rings. The van der Waals surface area contributed by atoms with Gasteiger partial charge in [0.05, 0.1) is 0 Å². The highest BCUT2D eigenvalue weighted by atomic mass is 79.9. The van der Waals surface area contributed by atoms with E-state index in [1.54, 1.807) is 12.1 Å². The first-order chi connectivity index (χ1) is 7.30. The molecule has 0 amide bonds. The first-order valence-corrected chi connectivity index (χ1v) is 6.61. The van der Waals surface area contributed by atoms with Crippen molar-refractivity contribution in [1.82, 2.24) is 0 Å². The number of hydrogen-bond donors (Lipinski definition) is 0. The van der Waals surface area contributed by atoms with Crippen molar-refractivity contribution >= 4 is 27.5 Å². The van der Waals surface area contributed by atoms with Crippen LogP contribution in [0.4, 0.5) is 4.39 Å². The molecule has 0 saturated carbocycles. The van der Waals surface area contributed by atoms with Gasteiger partial charge in [0.1, 0.15) is 5.82 Å². The smallest absolute Gasteiger partial charge is 0.123 e. The molecule has 16 heavy (non-hydrogen) atoms. The van der Waals surface area contributed by atoms with Crippen molar-refractivity contribution in [2.75, 3.05) is 0 Å².